The first-order valence-electron chi connectivity index (χ1n) is 18.6. The van der Waals surface area contributed by atoms with Crippen LogP contribution in [0.15, 0.2) is 164 Å². The lowest BCUT2D eigenvalue weighted by Gasteiger charge is -2.24. The van der Waals surface area contributed by atoms with E-state index >= 15 is 0 Å². The average molecular weight is 679 g/mol. The van der Waals surface area contributed by atoms with Crippen LogP contribution in [0.5, 0.6) is 0 Å². The Morgan fingerprint density at radius 3 is 1.77 bits per heavy atom. The highest BCUT2D eigenvalue weighted by atomic mass is 14.4. The molecule has 0 amide bonds. The normalized spacial score (nSPS) is 13.5. The molecule has 0 saturated carbocycles. The second-order valence-electron chi connectivity index (χ2n) is 15.1. The van der Waals surface area contributed by atoms with E-state index < -0.39 is 0 Å². The Kier molecular flexibility index (Phi) is 7.68. The summed E-state index contributed by atoms with van der Waals surface area (Å²) in [5.74, 6) is 0. The number of rotatable bonds is 6. The molecule has 8 aromatic rings. The third kappa shape index (κ3) is 5.20. The minimum atomic E-state index is -0.0161. The summed E-state index contributed by atoms with van der Waals surface area (Å²) in [7, 11) is 0. The van der Waals surface area contributed by atoms with Gasteiger partial charge in [0.15, 0.2) is 0 Å². The van der Waals surface area contributed by atoms with Gasteiger partial charge in [-0.1, -0.05) is 160 Å². The molecule has 254 valence electrons. The first-order valence-corrected chi connectivity index (χ1v) is 18.6. The molecule has 0 N–H and O–H groups in total. The molecule has 0 aromatic heterocycles. The van der Waals surface area contributed by atoms with Gasteiger partial charge in [0, 0.05) is 5.41 Å². The fourth-order valence-electron chi connectivity index (χ4n) is 8.74. The van der Waals surface area contributed by atoms with E-state index in [1.807, 2.05) is 12.2 Å². The number of fused-ring (bicyclic) bond motifs is 4. The van der Waals surface area contributed by atoms with Crippen LogP contribution in [0.4, 0.5) is 0 Å². The van der Waals surface area contributed by atoms with Crippen LogP contribution >= 0.6 is 0 Å². The van der Waals surface area contributed by atoms with Gasteiger partial charge in [-0.25, -0.2) is 0 Å². The maximum atomic E-state index is 4.10. The van der Waals surface area contributed by atoms with E-state index in [4.69, 9.17) is 0 Å². The zero-order valence-corrected chi connectivity index (χ0v) is 30.9. The Morgan fingerprint density at radius 1 is 0.434 bits per heavy atom. The summed E-state index contributed by atoms with van der Waals surface area (Å²) in [5, 5.41) is 7.51. The average Bonchev–Trinajstić information content (AvgIpc) is 3.37. The fourth-order valence-corrected chi connectivity index (χ4v) is 8.74. The third-order valence-electron chi connectivity index (χ3n) is 12.0. The highest BCUT2D eigenvalue weighted by Crippen LogP contribution is 2.50. The number of hydrogen-bond donors (Lipinski definition) is 0. The van der Waals surface area contributed by atoms with Gasteiger partial charge in [0.05, 0.1) is 0 Å². The molecule has 1 aliphatic rings. The minimum Gasteiger partial charge on any atom is -0.0984 e. The molecule has 0 heterocycles. The summed E-state index contributed by atoms with van der Waals surface area (Å²) in [6.45, 7) is 17.4. The quantitative estimate of drug-likeness (QED) is 0.154. The van der Waals surface area contributed by atoms with Crippen molar-refractivity contribution in [3.8, 4) is 44.5 Å². The van der Waals surface area contributed by atoms with E-state index in [-0.39, 0.29) is 5.41 Å². The molecule has 0 radical (unpaired) electrons. The number of benzene rings is 8. The Morgan fingerprint density at radius 2 is 1.00 bits per heavy atom. The van der Waals surface area contributed by atoms with E-state index in [0.29, 0.717) is 0 Å². The highest BCUT2D eigenvalue weighted by Gasteiger charge is 2.34. The lowest BCUT2D eigenvalue weighted by Crippen LogP contribution is -2.15. The van der Waals surface area contributed by atoms with Gasteiger partial charge in [-0.15, -0.1) is 0 Å². The molecule has 53 heavy (non-hydrogen) atoms. The minimum absolute atomic E-state index is 0.0161. The zero-order valence-electron chi connectivity index (χ0n) is 30.9. The molecule has 0 heteroatoms. The van der Waals surface area contributed by atoms with Crippen molar-refractivity contribution in [3.63, 3.8) is 0 Å². The molecule has 0 bridgehead atoms. The first kappa shape index (κ1) is 32.7. The van der Waals surface area contributed by atoms with Crippen LogP contribution in [0.2, 0.25) is 0 Å². The summed E-state index contributed by atoms with van der Waals surface area (Å²) in [6.07, 6.45) is 3.82. The summed E-state index contributed by atoms with van der Waals surface area (Å²) >= 11 is 0. The molecule has 0 nitrogen and oxygen atoms in total. The maximum absolute atomic E-state index is 4.10. The molecule has 0 fully saturated rings. The standard InChI is InChI=1S/C53H42/c1-7-35-20-22-40(28-36(35)8-2)42-24-27-48-49(31-42)52(43-17-13-16-39(30-43)41-23-21-37-14-9-10-15-38(37)29-41)47-19-12-11-18-46(47)51(48)44-25-26-45-33(3)34(4)53(5,6)50(45)32-44/h7-32H,1-2H2,3-6H3. The smallest absolute Gasteiger partial charge is 0.0114 e. The van der Waals surface area contributed by atoms with E-state index in [1.165, 1.54) is 93.5 Å². The summed E-state index contributed by atoms with van der Waals surface area (Å²) in [6, 6.07) is 54.3. The largest absolute Gasteiger partial charge is 0.0984 e. The third-order valence-corrected chi connectivity index (χ3v) is 12.0. The molecular weight excluding hydrogens is 637 g/mol. The number of hydrogen-bond acceptors (Lipinski definition) is 0. The molecule has 0 saturated heterocycles. The predicted molar refractivity (Wildman–Crippen MR) is 232 cm³/mol. The lowest BCUT2D eigenvalue weighted by atomic mass is 9.79. The van der Waals surface area contributed by atoms with Gasteiger partial charge >= 0.3 is 0 Å². The SMILES string of the molecule is C=Cc1ccc(-c2ccc3c(-c4ccc5c(c4)C(C)(C)C(C)=C5C)c4ccccc4c(-c4cccc(-c5ccc6ccccc6c5)c4)c3c2)cc1C=C. The van der Waals surface area contributed by atoms with Crippen molar-refractivity contribution in [2.24, 2.45) is 0 Å². The summed E-state index contributed by atoms with van der Waals surface area (Å²) in [5.41, 5.74) is 17.6. The molecule has 0 spiro atoms. The zero-order chi connectivity index (χ0) is 36.4. The van der Waals surface area contributed by atoms with Crippen molar-refractivity contribution in [2.75, 3.05) is 0 Å². The van der Waals surface area contributed by atoms with Gasteiger partial charge in [0.25, 0.3) is 0 Å². The van der Waals surface area contributed by atoms with Crippen LogP contribution in [0.25, 0.3) is 94.6 Å². The molecule has 8 aromatic carbocycles. The molecule has 9 rings (SSSR count). The van der Waals surface area contributed by atoms with Gasteiger partial charge in [-0.2, -0.15) is 0 Å². The Labute approximate surface area is 313 Å². The summed E-state index contributed by atoms with van der Waals surface area (Å²) in [4.78, 5) is 0. The Bertz CT molecular complexity index is 2850. The number of allylic oxidation sites excluding steroid dienone is 2. The van der Waals surface area contributed by atoms with E-state index in [2.05, 4.69) is 186 Å². The Hall–Kier alpha value is -6.24. The van der Waals surface area contributed by atoms with Gasteiger partial charge in [0.1, 0.15) is 0 Å². The molecule has 0 atom stereocenters. The van der Waals surface area contributed by atoms with Gasteiger partial charge in [0.2, 0.25) is 0 Å². The molecule has 0 aliphatic heterocycles. The van der Waals surface area contributed by atoms with Crippen molar-refractivity contribution >= 4 is 50.0 Å². The second kappa shape index (κ2) is 12.5. The van der Waals surface area contributed by atoms with Crippen molar-refractivity contribution in [3.05, 3.63) is 187 Å². The van der Waals surface area contributed by atoms with Gasteiger partial charge < -0.3 is 0 Å². The van der Waals surface area contributed by atoms with Crippen LogP contribution in [-0.2, 0) is 5.41 Å². The van der Waals surface area contributed by atoms with Crippen molar-refractivity contribution in [1.82, 2.24) is 0 Å². The van der Waals surface area contributed by atoms with Crippen LogP contribution in [0, 0.1) is 0 Å². The van der Waals surface area contributed by atoms with Crippen molar-refractivity contribution in [2.45, 2.75) is 33.1 Å². The van der Waals surface area contributed by atoms with Gasteiger partial charge in [-0.05, 0) is 149 Å². The van der Waals surface area contributed by atoms with Gasteiger partial charge in [-0.3, -0.25) is 0 Å². The van der Waals surface area contributed by atoms with E-state index in [9.17, 15) is 0 Å². The van der Waals surface area contributed by atoms with Crippen LogP contribution < -0.4 is 0 Å². The van der Waals surface area contributed by atoms with Crippen LogP contribution in [0.3, 0.4) is 0 Å². The second-order valence-corrected chi connectivity index (χ2v) is 15.1. The van der Waals surface area contributed by atoms with Crippen LogP contribution in [0.1, 0.15) is 49.9 Å². The van der Waals surface area contributed by atoms with Crippen molar-refractivity contribution < 1.29 is 0 Å². The Balaban J connectivity index is 1.33. The lowest BCUT2D eigenvalue weighted by molar-refractivity contribution is 0.639. The molecular formula is C53H42. The fraction of sp³-hybridized carbons (Fsp3) is 0.0943. The monoisotopic (exact) mass is 678 g/mol. The summed E-state index contributed by atoms with van der Waals surface area (Å²) < 4.78 is 0. The van der Waals surface area contributed by atoms with Crippen LogP contribution in [-0.4, -0.2) is 0 Å². The van der Waals surface area contributed by atoms with E-state index in [0.717, 1.165) is 16.7 Å². The molecule has 0 unspecified atom stereocenters. The molecule has 1 aliphatic carbocycles. The maximum Gasteiger partial charge on any atom is 0.0114 e. The predicted octanol–water partition coefficient (Wildman–Crippen LogP) is 15.2. The first-order chi connectivity index (χ1) is 25.8. The van der Waals surface area contributed by atoms with Crippen molar-refractivity contribution in [1.29, 1.82) is 0 Å². The van der Waals surface area contributed by atoms with E-state index in [1.54, 1.807) is 0 Å². The topological polar surface area (TPSA) is 0 Å². The highest BCUT2D eigenvalue weighted by molar-refractivity contribution is 6.22.